The minimum atomic E-state index is -2.81. The van der Waals surface area contributed by atoms with Gasteiger partial charge in [-0.15, -0.1) is 0 Å². The Hall–Kier alpha value is -5.44. The molecular weight excluding hydrogens is 547 g/mol. The summed E-state index contributed by atoms with van der Waals surface area (Å²) in [6.45, 7) is 0. The lowest BCUT2D eigenvalue weighted by molar-refractivity contribution is 1.18. The number of hydrogen-bond acceptors (Lipinski definition) is 0. The van der Waals surface area contributed by atoms with Gasteiger partial charge in [-0.2, -0.15) is 0 Å². The lowest BCUT2D eigenvalue weighted by Gasteiger charge is -2.36. The Kier molecular flexibility index (Phi) is 6.55. The third kappa shape index (κ3) is 4.15. The summed E-state index contributed by atoms with van der Waals surface area (Å²) in [7, 11) is -2.81. The number of hydrogen-bond donors (Lipinski definition) is 0. The van der Waals surface area contributed by atoms with Crippen LogP contribution in [0.2, 0.25) is 0 Å². The summed E-state index contributed by atoms with van der Waals surface area (Å²) in [6.07, 6.45) is 0. The van der Waals surface area contributed by atoms with Gasteiger partial charge in [-0.3, -0.25) is 0 Å². The zero-order chi connectivity index (χ0) is 29.3. The number of benzene rings is 7. The molecule has 0 aliphatic carbocycles. The van der Waals surface area contributed by atoms with Crippen molar-refractivity contribution in [2.24, 2.45) is 0 Å². The highest BCUT2D eigenvalue weighted by atomic mass is 28.3. The molecule has 8 aromatic rings. The summed E-state index contributed by atoms with van der Waals surface area (Å²) in [5.74, 6) is 0. The molecule has 8 rings (SSSR count). The van der Waals surface area contributed by atoms with Crippen LogP contribution in [-0.2, 0) is 0 Å². The molecule has 0 saturated carbocycles. The molecule has 0 aliphatic rings. The molecule has 208 valence electrons. The molecule has 1 aromatic heterocycles. The number of nitrogens with zero attached hydrogens (tertiary/aromatic N) is 1. The lowest BCUT2D eigenvalue weighted by atomic mass is 10.1. The van der Waals surface area contributed by atoms with E-state index in [0.717, 1.165) is 0 Å². The second-order valence-electron chi connectivity index (χ2n) is 11.3. The Morgan fingerprint density at radius 3 is 1.57 bits per heavy atom. The minimum absolute atomic E-state index is 1.18. The Morgan fingerprint density at radius 2 is 0.886 bits per heavy atom. The standard InChI is InChI=1S/C42H31NSi/c1-5-17-32(18-6-1)37-25-14-16-28-42(37)44(34-21-9-3-10-22-34,35-23-11-4-12-24-35)36-29-30-41-39(31-36)38-26-13-15-27-40(38)43(41)33-19-7-2-8-20-33/h1-31H. The van der Waals surface area contributed by atoms with E-state index in [1.807, 2.05) is 0 Å². The van der Waals surface area contributed by atoms with Gasteiger partial charge in [0.15, 0.2) is 8.07 Å². The van der Waals surface area contributed by atoms with E-state index in [2.05, 4.69) is 193 Å². The fourth-order valence-corrected chi connectivity index (χ4v) is 12.1. The molecule has 0 spiro atoms. The van der Waals surface area contributed by atoms with E-state index < -0.39 is 8.07 Å². The van der Waals surface area contributed by atoms with Crippen LogP contribution in [0.3, 0.4) is 0 Å². The molecule has 2 heteroatoms. The highest BCUT2D eigenvalue weighted by Crippen LogP contribution is 2.32. The summed E-state index contributed by atoms with van der Waals surface area (Å²) < 4.78 is 2.40. The Labute approximate surface area is 259 Å². The molecule has 0 aliphatic heterocycles. The average molecular weight is 578 g/mol. The summed E-state index contributed by atoms with van der Waals surface area (Å²) in [5, 5.41) is 8.08. The van der Waals surface area contributed by atoms with E-state index in [9.17, 15) is 0 Å². The zero-order valence-corrected chi connectivity index (χ0v) is 25.3. The number of fused-ring (bicyclic) bond motifs is 3. The molecule has 44 heavy (non-hydrogen) atoms. The van der Waals surface area contributed by atoms with Crippen molar-refractivity contribution in [1.29, 1.82) is 0 Å². The third-order valence-electron chi connectivity index (χ3n) is 8.95. The van der Waals surface area contributed by atoms with Gasteiger partial charge in [0.1, 0.15) is 0 Å². The maximum absolute atomic E-state index is 2.81. The molecule has 0 N–H and O–H groups in total. The normalized spacial score (nSPS) is 11.6. The molecule has 0 bridgehead atoms. The predicted octanol–water partition coefficient (Wildman–Crippen LogP) is 7.83. The zero-order valence-electron chi connectivity index (χ0n) is 24.3. The van der Waals surface area contributed by atoms with E-state index in [-0.39, 0.29) is 0 Å². The van der Waals surface area contributed by atoms with Crippen molar-refractivity contribution in [1.82, 2.24) is 4.57 Å². The van der Waals surface area contributed by atoms with Gasteiger partial charge < -0.3 is 4.57 Å². The van der Waals surface area contributed by atoms with Crippen molar-refractivity contribution in [2.75, 3.05) is 0 Å². The monoisotopic (exact) mass is 577 g/mol. The number of aromatic nitrogens is 1. The number of rotatable bonds is 6. The van der Waals surface area contributed by atoms with E-state index >= 15 is 0 Å². The van der Waals surface area contributed by atoms with Crippen LogP contribution in [0.4, 0.5) is 0 Å². The van der Waals surface area contributed by atoms with E-state index in [4.69, 9.17) is 0 Å². The first-order valence-corrected chi connectivity index (χ1v) is 17.2. The first-order valence-electron chi connectivity index (χ1n) is 15.2. The summed E-state index contributed by atoms with van der Waals surface area (Å²) in [4.78, 5) is 0. The Balaban J connectivity index is 1.52. The Morgan fingerprint density at radius 1 is 0.364 bits per heavy atom. The van der Waals surface area contributed by atoms with Gasteiger partial charge in [0.25, 0.3) is 0 Å². The van der Waals surface area contributed by atoms with Gasteiger partial charge in [-0.25, -0.2) is 0 Å². The molecule has 7 aromatic carbocycles. The smallest absolute Gasteiger partial charge is 0.180 e. The molecule has 0 atom stereocenters. The van der Waals surface area contributed by atoms with Crippen LogP contribution in [0.5, 0.6) is 0 Å². The molecule has 1 heterocycles. The van der Waals surface area contributed by atoms with Crippen molar-refractivity contribution < 1.29 is 0 Å². The second-order valence-corrected chi connectivity index (χ2v) is 15.1. The van der Waals surface area contributed by atoms with Gasteiger partial charge in [-0.1, -0.05) is 164 Å². The van der Waals surface area contributed by atoms with E-state index in [1.165, 1.54) is 59.4 Å². The minimum Gasteiger partial charge on any atom is -0.309 e. The molecule has 0 unspecified atom stereocenters. The predicted molar refractivity (Wildman–Crippen MR) is 190 cm³/mol. The summed E-state index contributed by atoms with van der Waals surface area (Å²) in [6, 6.07) is 69.2. The van der Waals surface area contributed by atoms with E-state index in [0.29, 0.717) is 0 Å². The van der Waals surface area contributed by atoms with Crippen LogP contribution in [0.15, 0.2) is 188 Å². The first-order chi connectivity index (χ1) is 21.9. The highest BCUT2D eigenvalue weighted by molar-refractivity contribution is 7.20. The van der Waals surface area contributed by atoms with Crippen LogP contribution in [0, 0.1) is 0 Å². The molecule has 1 nitrogen and oxygen atoms in total. The third-order valence-corrected chi connectivity index (χ3v) is 13.8. The summed E-state index contributed by atoms with van der Waals surface area (Å²) >= 11 is 0. The van der Waals surface area contributed by atoms with Gasteiger partial charge in [-0.05, 0) is 56.1 Å². The fourth-order valence-electron chi connectivity index (χ4n) is 7.08. The SMILES string of the molecule is c1ccc(-c2ccccc2[Si](c2ccccc2)(c2ccccc2)c2ccc3c(c2)c2ccccc2n3-c2ccccc2)cc1. The van der Waals surface area contributed by atoms with Crippen LogP contribution < -0.4 is 20.7 Å². The maximum atomic E-state index is 2.51. The van der Waals surface area contributed by atoms with Crippen molar-refractivity contribution in [3.05, 3.63) is 188 Å². The largest absolute Gasteiger partial charge is 0.309 e. The topological polar surface area (TPSA) is 4.93 Å². The molecule has 0 saturated heterocycles. The average Bonchev–Trinajstić information content (AvgIpc) is 3.44. The number of para-hydroxylation sites is 2. The molecule has 0 amide bonds. The van der Waals surface area contributed by atoms with Crippen LogP contribution >= 0.6 is 0 Å². The van der Waals surface area contributed by atoms with Gasteiger partial charge in [0.05, 0.1) is 11.0 Å². The van der Waals surface area contributed by atoms with E-state index in [1.54, 1.807) is 0 Å². The Bertz CT molecular complexity index is 2160. The summed E-state index contributed by atoms with van der Waals surface area (Å²) in [5.41, 5.74) is 6.16. The lowest BCUT2D eigenvalue weighted by Crippen LogP contribution is -2.75. The van der Waals surface area contributed by atoms with Crippen LogP contribution in [-0.4, -0.2) is 12.6 Å². The van der Waals surface area contributed by atoms with Crippen molar-refractivity contribution in [3.63, 3.8) is 0 Å². The van der Waals surface area contributed by atoms with Crippen molar-refractivity contribution in [3.8, 4) is 16.8 Å². The first kappa shape index (κ1) is 26.2. The van der Waals surface area contributed by atoms with Crippen molar-refractivity contribution in [2.45, 2.75) is 0 Å². The molecule has 0 fully saturated rings. The molecule has 0 radical (unpaired) electrons. The second kappa shape index (κ2) is 11.0. The van der Waals surface area contributed by atoms with Gasteiger partial charge >= 0.3 is 0 Å². The van der Waals surface area contributed by atoms with Crippen LogP contribution in [0.1, 0.15) is 0 Å². The van der Waals surface area contributed by atoms with Crippen LogP contribution in [0.25, 0.3) is 38.6 Å². The quantitative estimate of drug-likeness (QED) is 0.140. The van der Waals surface area contributed by atoms with Crippen molar-refractivity contribution >= 4 is 50.6 Å². The highest BCUT2D eigenvalue weighted by Gasteiger charge is 2.43. The van der Waals surface area contributed by atoms with Gasteiger partial charge in [0, 0.05) is 16.5 Å². The molecular formula is C42H31NSi. The maximum Gasteiger partial charge on any atom is 0.180 e. The fraction of sp³-hybridized carbons (Fsp3) is 0. The van der Waals surface area contributed by atoms with Gasteiger partial charge in [0.2, 0.25) is 0 Å².